The molecule has 0 radical (unpaired) electrons. The molecule has 1 rings (SSSR count). The van der Waals surface area contributed by atoms with Crippen LogP contribution in [0.3, 0.4) is 0 Å². The Morgan fingerprint density at radius 3 is 2.91 bits per heavy atom. The summed E-state index contributed by atoms with van der Waals surface area (Å²) < 4.78 is 4.91. The topological polar surface area (TPSA) is 75.7 Å². The number of aliphatic hydroxyl groups excluding tert-OH is 2. The second kappa shape index (κ2) is 3.49. The number of hydrogen-bond donors (Lipinski definition) is 3. The van der Waals surface area contributed by atoms with Crippen LogP contribution in [-0.4, -0.2) is 35.3 Å². The van der Waals surface area contributed by atoms with Gasteiger partial charge in [-0.2, -0.15) is 0 Å². The van der Waals surface area contributed by atoms with Gasteiger partial charge < -0.3 is 20.7 Å². The van der Waals surface area contributed by atoms with Crippen molar-refractivity contribution in [2.24, 2.45) is 5.73 Å². The Bertz CT molecular complexity index is 127. The molecular weight excluding hydrogens is 146 g/mol. The Morgan fingerprint density at radius 2 is 2.36 bits per heavy atom. The highest BCUT2D eigenvalue weighted by Crippen LogP contribution is 2.23. The van der Waals surface area contributed by atoms with Gasteiger partial charge in [-0.3, -0.25) is 0 Å². The average Bonchev–Trinajstić information content (AvgIpc) is 1.86. The number of nitrogens with two attached hydrogens (primary N) is 1. The molecular formula is C7H15NO3. The summed E-state index contributed by atoms with van der Waals surface area (Å²) in [7, 11) is 0. The van der Waals surface area contributed by atoms with Crippen LogP contribution in [0.25, 0.3) is 0 Å². The first-order valence-corrected chi connectivity index (χ1v) is 3.86. The predicted molar refractivity (Wildman–Crippen MR) is 39.8 cm³/mol. The highest BCUT2D eigenvalue weighted by atomic mass is 16.6. The number of hydrogen-bond acceptors (Lipinski definition) is 4. The molecule has 0 aromatic heterocycles. The van der Waals surface area contributed by atoms with Gasteiger partial charge in [0.25, 0.3) is 0 Å². The minimum Gasteiger partial charge on any atom is -0.396 e. The molecule has 0 spiro atoms. The lowest BCUT2D eigenvalue weighted by molar-refractivity contribution is -0.145. The molecule has 4 heteroatoms. The van der Waals surface area contributed by atoms with Gasteiger partial charge in [-0.05, 0) is 12.8 Å². The first kappa shape index (κ1) is 8.93. The van der Waals surface area contributed by atoms with Gasteiger partial charge in [0.15, 0.2) is 6.29 Å². The third kappa shape index (κ3) is 2.41. The third-order valence-electron chi connectivity index (χ3n) is 2.10. The predicted octanol–water partition coefficient (Wildman–Crippen LogP) is -0.805. The molecule has 4 nitrogen and oxygen atoms in total. The van der Waals surface area contributed by atoms with Crippen LogP contribution < -0.4 is 5.73 Å². The molecule has 0 aliphatic carbocycles. The summed E-state index contributed by atoms with van der Waals surface area (Å²) in [6, 6.07) is 0. The molecule has 2 atom stereocenters. The van der Waals surface area contributed by atoms with Crippen molar-refractivity contribution in [3.63, 3.8) is 0 Å². The molecule has 0 unspecified atom stereocenters. The van der Waals surface area contributed by atoms with E-state index < -0.39 is 11.8 Å². The summed E-state index contributed by atoms with van der Waals surface area (Å²) in [6.45, 7) is 0.556. The van der Waals surface area contributed by atoms with E-state index in [0.29, 0.717) is 25.9 Å². The second-order valence-electron chi connectivity index (χ2n) is 3.12. The molecule has 1 saturated heterocycles. The van der Waals surface area contributed by atoms with Crippen LogP contribution in [0.5, 0.6) is 0 Å². The monoisotopic (exact) mass is 161 g/mol. The van der Waals surface area contributed by atoms with Crippen LogP contribution >= 0.6 is 0 Å². The third-order valence-corrected chi connectivity index (χ3v) is 2.10. The van der Waals surface area contributed by atoms with Crippen molar-refractivity contribution in [1.82, 2.24) is 0 Å². The molecule has 1 aliphatic rings. The Kier molecular flexibility index (Phi) is 2.84. The van der Waals surface area contributed by atoms with Crippen molar-refractivity contribution in [1.29, 1.82) is 0 Å². The summed E-state index contributed by atoms with van der Waals surface area (Å²) >= 11 is 0. The van der Waals surface area contributed by atoms with Crippen molar-refractivity contribution >= 4 is 0 Å². The standard InChI is InChI=1S/C7H15NO3/c8-7(1-3-9)2-4-11-6(10)5-7/h6,9-10H,1-5,8H2/t6-,7+/m1/s1. The maximum Gasteiger partial charge on any atom is 0.156 e. The fraction of sp³-hybridized carbons (Fsp3) is 1.00. The van der Waals surface area contributed by atoms with Gasteiger partial charge in [0.1, 0.15) is 0 Å². The Hall–Kier alpha value is -0.160. The van der Waals surface area contributed by atoms with Crippen LogP contribution in [0.15, 0.2) is 0 Å². The molecule has 0 aromatic carbocycles. The van der Waals surface area contributed by atoms with Crippen molar-refractivity contribution in [2.75, 3.05) is 13.2 Å². The van der Waals surface area contributed by atoms with Crippen LogP contribution in [0, 0.1) is 0 Å². The van der Waals surface area contributed by atoms with Gasteiger partial charge in [-0.15, -0.1) is 0 Å². The molecule has 0 amide bonds. The average molecular weight is 161 g/mol. The SMILES string of the molecule is N[C@@]1(CCO)CCO[C@@H](O)C1. The van der Waals surface area contributed by atoms with Crippen LogP contribution in [0.2, 0.25) is 0 Å². The van der Waals surface area contributed by atoms with E-state index in [1.165, 1.54) is 0 Å². The summed E-state index contributed by atoms with van der Waals surface area (Å²) in [5.41, 5.74) is 5.44. The van der Waals surface area contributed by atoms with E-state index in [0.717, 1.165) is 0 Å². The molecule has 0 bridgehead atoms. The molecule has 0 aromatic rings. The lowest BCUT2D eigenvalue weighted by atomic mass is 9.87. The number of rotatable bonds is 2. The van der Waals surface area contributed by atoms with Gasteiger partial charge in [0.2, 0.25) is 0 Å². The Balaban J connectivity index is 2.41. The van der Waals surface area contributed by atoms with Crippen molar-refractivity contribution in [2.45, 2.75) is 31.1 Å². The fourth-order valence-electron chi connectivity index (χ4n) is 1.36. The van der Waals surface area contributed by atoms with E-state index in [2.05, 4.69) is 0 Å². The smallest absolute Gasteiger partial charge is 0.156 e. The van der Waals surface area contributed by atoms with E-state index in [9.17, 15) is 0 Å². The number of ether oxygens (including phenoxy) is 1. The molecule has 66 valence electrons. The fourth-order valence-corrected chi connectivity index (χ4v) is 1.36. The summed E-state index contributed by atoms with van der Waals surface area (Å²) in [4.78, 5) is 0. The zero-order valence-electron chi connectivity index (χ0n) is 6.49. The Morgan fingerprint density at radius 1 is 1.64 bits per heavy atom. The Labute approximate surface area is 66.0 Å². The van der Waals surface area contributed by atoms with Crippen molar-refractivity contribution < 1.29 is 14.9 Å². The van der Waals surface area contributed by atoms with Gasteiger partial charge in [-0.1, -0.05) is 0 Å². The minimum absolute atomic E-state index is 0.0726. The van der Waals surface area contributed by atoms with E-state index in [4.69, 9.17) is 20.7 Å². The second-order valence-corrected chi connectivity index (χ2v) is 3.12. The molecule has 1 heterocycles. The van der Waals surface area contributed by atoms with Gasteiger partial charge in [-0.25, -0.2) is 0 Å². The molecule has 1 aliphatic heterocycles. The first-order chi connectivity index (χ1) is 5.16. The lowest BCUT2D eigenvalue weighted by Gasteiger charge is -2.35. The normalized spacial score (nSPS) is 39.0. The summed E-state index contributed by atoms with van der Waals surface area (Å²) in [5, 5.41) is 17.8. The van der Waals surface area contributed by atoms with Gasteiger partial charge in [0.05, 0.1) is 6.61 Å². The largest absolute Gasteiger partial charge is 0.396 e. The molecule has 1 fully saturated rings. The summed E-state index contributed by atoms with van der Waals surface area (Å²) in [5.74, 6) is 0. The zero-order chi connectivity index (χ0) is 8.32. The highest BCUT2D eigenvalue weighted by molar-refractivity contribution is 4.87. The van der Waals surface area contributed by atoms with Crippen LogP contribution in [0.1, 0.15) is 19.3 Å². The lowest BCUT2D eigenvalue weighted by Crippen LogP contribution is -2.48. The maximum absolute atomic E-state index is 9.09. The van der Waals surface area contributed by atoms with Gasteiger partial charge >= 0.3 is 0 Å². The zero-order valence-corrected chi connectivity index (χ0v) is 6.49. The minimum atomic E-state index is -0.750. The first-order valence-electron chi connectivity index (χ1n) is 3.86. The van der Waals surface area contributed by atoms with Crippen molar-refractivity contribution in [3.05, 3.63) is 0 Å². The highest BCUT2D eigenvalue weighted by Gasteiger charge is 2.31. The number of aliphatic hydroxyl groups is 2. The molecule has 11 heavy (non-hydrogen) atoms. The molecule has 0 saturated carbocycles. The van der Waals surface area contributed by atoms with Crippen LogP contribution in [-0.2, 0) is 4.74 Å². The van der Waals surface area contributed by atoms with E-state index in [1.54, 1.807) is 0 Å². The molecule has 4 N–H and O–H groups in total. The van der Waals surface area contributed by atoms with E-state index >= 15 is 0 Å². The van der Waals surface area contributed by atoms with E-state index in [1.807, 2.05) is 0 Å². The van der Waals surface area contributed by atoms with Crippen LogP contribution in [0.4, 0.5) is 0 Å². The van der Waals surface area contributed by atoms with Gasteiger partial charge in [0, 0.05) is 18.6 Å². The maximum atomic E-state index is 9.09. The van der Waals surface area contributed by atoms with Crippen molar-refractivity contribution in [3.8, 4) is 0 Å². The quantitative estimate of drug-likeness (QED) is 0.495. The summed E-state index contributed by atoms with van der Waals surface area (Å²) in [6.07, 6.45) is 0.922. The van der Waals surface area contributed by atoms with E-state index in [-0.39, 0.29) is 6.61 Å².